The van der Waals surface area contributed by atoms with Crippen LogP contribution in [0.4, 0.5) is 0 Å². The summed E-state index contributed by atoms with van der Waals surface area (Å²) in [5.74, 6) is 0.956. The Kier molecular flexibility index (Phi) is 4.26. The van der Waals surface area contributed by atoms with Gasteiger partial charge in [-0.2, -0.15) is 0 Å². The van der Waals surface area contributed by atoms with Crippen LogP contribution >= 0.6 is 0 Å². The van der Waals surface area contributed by atoms with Crippen molar-refractivity contribution in [2.24, 2.45) is 0 Å². The van der Waals surface area contributed by atoms with Crippen LogP contribution in [0.15, 0.2) is 54.7 Å². The van der Waals surface area contributed by atoms with Crippen molar-refractivity contribution in [3.8, 4) is 0 Å². The summed E-state index contributed by atoms with van der Waals surface area (Å²) in [6.07, 6.45) is 4.13. The molecule has 0 aliphatic carbocycles. The molecule has 0 aliphatic rings. The molecule has 2 heterocycles. The predicted molar refractivity (Wildman–Crippen MR) is 84.1 cm³/mol. The number of aromatic nitrogens is 3. The topological polar surface area (TPSA) is 42.2 Å². The minimum atomic E-state index is 0.448. The second-order valence-corrected chi connectivity index (χ2v) is 5.22. The largest absolute Gasteiger partial charge is 0.307 e. The Hall–Kier alpha value is -2.20. The summed E-state index contributed by atoms with van der Waals surface area (Å²) in [5.41, 5.74) is 2.26. The molecule has 0 fully saturated rings. The summed E-state index contributed by atoms with van der Waals surface area (Å²) in [5, 5.41) is 12.0. The molecule has 4 nitrogen and oxygen atoms in total. The lowest BCUT2D eigenvalue weighted by atomic mass is 10.0. The second kappa shape index (κ2) is 6.50. The Morgan fingerprint density at radius 2 is 1.86 bits per heavy atom. The van der Waals surface area contributed by atoms with Crippen molar-refractivity contribution in [3.05, 3.63) is 66.1 Å². The zero-order chi connectivity index (χ0) is 14.5. The Balaban J connectivity index is 1.65. The monoisotopic (exact) mass is 280 g/mol. The lowest BCUT2D eigenvalue weighted by Crippen LogP contribution is -2.30. The van der Waals surface area contributed by atoms with Crippen LogP contribution in [0.2, 0.25) is 0 Å². The molecule has 3 rings (SSSR count). The highest BCUT2D eigenvalue weighted by Crippen LogP contribution is 2.07. The van der Waals surface area contributed by atoms with E-state index in [2.05, 4.69) is 52.8 Å². The number of pyridine rings is 1. The van der Waals surface area contributed by atoms with Gasteiger partial charge in [0.1, 0.15) is 0 Å². The van der Waals surface area contributed by atoms with E-state index in [0.717, 1.165) is 30.9 Å². The molecule has 0 radical (unpaired) electrons. The van der Waals surface area contributed by atoms with Crippen LogP contribution in [0.1, 0.15) is 24.7 Å². The first-order valence-corrected chi connectivity index (χ1v) is 7.42. The van der Waals surface area contributed by atoms with Crippen LogP contribution in [0.5, 0.6) is 0 Å². The van der Waals surface area contributed by atoms with Crippen molar-refractivity contribution >= 4 is 5.65 Å². The van der Waals surface area contributed by atoms with Crippen LogP contribution < -0.4 is 5.32 Å². The average molecular weight is 280 g/mol. The zero-order valence-electron chi connectivity index (χ0n) is 12.2. The highest BCUT2D eigenvalue weighted by Gasteiger charge is 2.09. The minimum absolute atomic E-state index is 0.448. The van der Waals surface area contributed by atoms with E-state index >= 15 is 0 Å². The average Bonchev–Trinajstić information content (AvgIpc) is 2.96. The van der Waals surface area contributed by atoms with Gasteiger partial charge in [-0.1, -0.05) is 43.3 Å². The SMILES string of the molecule is CCC(Cc1ccccc1)NCc1nnc2ccccn12. The zero-order valence-corrected chi connectivity index (χ0v) is 12.2. The normalized spacial score (nSPS) is 12.6. The van der Waals surface area contributed by atoms with Crippen LogP contribution in [0, 0.1) is 0 Å². The first-order chi connectivity index (χ1) is 10.4. The van der Waals surface area contributed by atoms with E-state index < -0.39 is 0 Å². The van der Waals surface area contributed by atoms with Gasteiger partial charge in [-0.3, -0.25) is 4.40 Å². The third kappa shape index (κ3) is 3.28. The maximum Gasteiger partial charge on any atom is 0.160 e. The van der Waals surface area contributed by atoms with Gasteiger partial charge in [-0.15, -0.1) is 10.2 Å². The van der Waals surface area contributed by atoms with Crippen LogP contribution in [0.25, 0.3) is 5.65 Å². The maximum absolute atomic E-state index is 4.26. The predicted octanol–water partition coefficient (Wildman–Crippen LogP) is 2.84. The summed E-state index contributed by atoms with van der Waals surface area (Å²) in [7, 11) is 0. The number of rotatable bonds is 6. The standard InChI is InChI=1S/C17H20N4/c1-2-15(12-14-8-4-3-5-9-14)18-13-17-20-19-16-10-6-7-11-21(16)17/h3-11,15,18H,2,12-13H2,1H3. The van der Waals surface area contributed by atoms with E-state index in [1.807, 2.05) is 28.8 Å². The Labute approximate surface area is 124 Å². The number of hydrogen-bond acceptors (Lipinski definition) is 3. The van der Waals surface area contributed by atoms with E-state index in [1.165, 1.54) is 5.56 Å². The first kappa shape index (κ1) is 13.8. The number of nitrogens with zero attached hydrogens (tertiary/aromatic N) is 3. The fourth-order valence-corrected chi connectivity index (χ4v) is 2.51. The van der Waals surface area contributed by atoms with E-state index in [9.17, 15) is 0 Å². The van der Waals surface area contributed by atoms with Crippen molar-refractivity contribution in [2.45, 2.75) is 32.4 Å². The van der Waals surface area contributed by atoms with Gasteiger partial charge in [-0.25, -0.2) is 0 Å². The lowest BCUT2D eigenvalue weighted by molar-refractivity contribution is 0.484. The molecule has 2 aromatic heterocycles. The van der Waals surface area contributed by atoms with Gasteiger partial charge in [0.2, 0.25) is 0 Å². The molecule has 0 amide bonds. The molecule has 0 bridgehead atoms. The number of fused-ring (bicyclic) bond motifs is 1. The van der Waals surface area contributed by atoms with Crippen LogP contribution in [-0.2, 0) is 13.0 Å². The van der Waals surface area contributed by atoms with Crippen molar-refractivity contribution in [1.29, 1.82) is 0 Å². The molecule has 1 atom stereocenters. The minimum Gasteiger partial charge on any atom is -0.307 e. The van der Waals surface area contributed by atoms with Crippen molar-refractivity contribution < 1.29 is 0 Å². The van der Waals surface area contributed by atoms with Gasteiger partial charge in [0, 0.05) is 12.2 Å². The fourth-order valence-electron chi connectivity index (χ4n) is 2.51. The summed E-state index contributed by atoms with van der Waals surface area (Å²) < 4.78 is 2.03. The van der Waals surface area contributed by atoms with Crippen molar-refractivity contribution in [3.63, 3.8) is 0 Å². The second-order valence-electron chi connectivity index (χ2n) is 5.22. The molecule has 0 aliphatic heterocycles. The molecule has 1 unspecified atom stereocenters. The molecular formula is C17H20N4. The van der Waals surface area contributed by atoms with E-state index in [-0.39, 0.29) is 0 Å². The van der Waals surface area contributed by atoms with Gasteiger partial charge in [0.15, 0.2) is 11.5 Å². The molecule has 108 valence electrons. The Bertz CT molecular complexity index is 690. The summed E-state index contributed by atoms with van der Waals surface area (Å²) in [6, 6.07) is 17.0. The third-order valence-electron chi connectivity index (χ3n) is 3.75. The van der Waals surface area contributed by atoms with E-state index in [4.69, 9.17) is 0 Å². The number of hydrogen-bond donors (Lipinski definition) is 1. The van der Waals surface area contributed by atoms with Crippen LogP contribution in [-0.4, -0.2) is 20.6 Å². The van der Waals surface area contributed by atoms with E-state index in [0.29, 0.717) is 6.04 Å². The quantitative estimate of drug-likeness (QED) is 0.755. The summed E-state index contributed by atoms with van der Waals surface area (Å²) in [6.45, 7) is 2.94. The molecule has 1 N–H and O–H groups in total. The third-order valence-corrected chi connectivity index (χ3v) is 3.75. The van der Waals surface area contributed by atoms with Crippen molar-refractivity contribution in [2.75, 3.05) is 0 Å². The Morgan fingerprint density at radius 1 is 1.05 bits per heavy atom. The fraction of sp³-hybridized carbons (Fsp3) is 0.294. The summed E-state index contributed by atoms with van der Waals surface area (Å²) in [4.78, 5) is 0. The van der Waals surface area contributed by atoms with Gasteiger partial charge in [-0.05, 0) is 30.5 Å². The highest BCUT2D eigenvalue weighted by atomic mass is 15.3. The van der Waals surface area contributed by atoms with Gasteiger partial charge in [0.25, 0.3) is 0 Å². The molecule has 0 spiro atoms. The molecule has 0 saturated heterocycles. The maximum atomic E-state index is 4.26. The van der Waals surface area contributed by atoms with E-state index in [1.54, 1.807) is 0 Å². The Morgan fingerprint density at radius 3 is 2.67 bits per heavy atom. The molecular weight excluding hydrogens is 260 g/mol. The van der Waals surface area contributed by atoms with Gasteiger partial charge >= 0.3 is 0 Å². The molecule has 1 aromatic carbocycles. The van der Waals surface area contributed by atoms with Gasteiger partial charge in [0.05, 0.1) is 6.54 Å². The van der Waals surface area contributed by atoms with Gasteiger partial charge < -0.3 is 5.32 Å². The lowest BCUT2D eigenvalue weighted by Gasteiger charge is -2.16. The van der Waals surface area contributed by atoms with Crippen LogP contribution in [0.3, 0.4) is 0 Å². The highest BCUT2D eigenvalue weighted by molar-refractivity contribution is 5.36. The smallest absolute Gasteiger partial charge is 0.160 e. The molecule has 21 heavy (non-hydrogen) atoms. The number of nitrogens with one attached hydrogen (secondary N) is 1. The van der Waals surface area contributed by atoms with Crippen molar-refractivity contribution in [1.82, 2.24) is 19.9 Å². The summed E-state index contributed by atoms with van der Waals surface area (Å²) >= 11 is 0. The molecule has 3 aromatic rings. The molecule has 4 heteroatoms. The number of benzene rings is 1. The first-order valence-electron chi connectivity index (χ1n) is 7.42. The molecule has 0 saturated carbocycles.